The van der Waals surface area contributed by atoms with Gasteiger partial charge in [-0.1, -0.05) is 30.3 Å². The number of nitriles is 1. The first-order valence-electron chi connectivity index (χ1n) is 10.4. The molecular weight excluding hydrogens is 530 g/mol. The number of carboxylic acid groups (broad SMARTS) is 1. The molecule has 7 nitrogen and oxygen atoms in total. The van der Waals surface area contributed by atoms with Crippen molar-refractivity contribution in [3.63, 3.8) is 0 Å². The third-order valence-electron chi connectivity index (χ3n) is 5.10. The van der Waals surface area contributed by atoms with E-state index in [1.54, 1.807) is 37.4 Å². The Balaban J connectivity index is 1.51. The summed E-state index contributed by atoms with van der Waals surface area (Å²) in [6.07, 6.45) is 1.76. The second kappa shape index (κ2) is 10.6. The van der Waals surface area contributed by atoms with Crippen LogP contribution in [0, 0.1) is 11.3 Å². The molecule has 0 aromatic heterocycles. The normalized spacial score (nSPS) is 15.5. The van der Waals surface area contributed by atoms with Crippen molar-refractivity contribution in [1.82, 2.24) is 4.90 Å². The minimum absolute atomic E-state index is 0.128. The second-order valence-corrected chi connectivity index (χ2v) is 9.34. The third kappa shape index (κ3) is 5.62. The maximum Gasteiger partial charge on any atom is 0.335 e. The molecule has 0 radical (unpaired) electrons. The van der Waals surface area contributed by atoms with Crippen LogP contribution in [0.3, 0.4) is 0 Å². The Morgan fingerprint density at radius 1 is 1.20 bits per heavy atom. The zero-order valence-electron chi connectivity index (χ0n) is 18.4. The summed E-state index contributed by atoms with van der Waals surface area (Å²) in [6, 6.07) is 21.1. The lowest BCUT2D eigenvalue weighted by Gasteiger charge is -2.10. The van der Waals surface area contributed by atoms with Crippen molar-refractivity contribution in [1.29, 1.82) is 5.26 Å². The number of likely N-dealkylation sites (N-methyl/N-ethyl adjacent to an activating group) is 1. The smallest absolute Gasteiger partial charge is 0.335 e. The Kier molecular flexibility index (Phi) is 7.34. The standard InChI is InChI=1S/C26H18BrN3O4S/c1-30-24(31)23(35-26(30)29-20-8-4-7-17(13-20)25(32)33)12-16-9-10-22(21(27)11-16)34-15-19-6-3-2-5-18(19)14-28/h2-13H,15H2,1H3,(H,32,33)/b23-12+,29-26?. The summed E-state index contributed by atoms with van der Waals surface area (Å²) in [6.45, 7) is 0.255. The molecule has 3 aromatic rings. The van der Waals surface area contributed by atoms with Crippen molar-refractivity contribution < 1.29 is 19.4 Å². The lowest BCUT2D eigenvalue weighted by Crippen LogP contribution is -2.23. The van der Waals surface area contributed by atoms with Crippen molar-refractivity contribution in [3.8, 4) is 11.8 Å². The van der Waals surface area contributed by atoms with Crippen molar-refractivity contribution in [3.05, 3.63) is 98.4 Å². The highest BCUT2D eigenvalue weighted by Gasteiger charge is 2.30. The van der Waals surface area contributed by atoms with Gasteiger partial charge < -0.3 is 9.84 Å². The van der Waals surface area contributed by atoms with Crippen LogP contribution in [-0.2, 0) is 11.4 Å². The zero-order valence-corrected chi connectivity index (χ0v) is 20.8. The Morgan fingerprint density at radius 2 is 2.00 bits per heavy atom. The van der Waals surface area contributed by atoms with Gasteiger partial charge >= 0.3 is 5.97 Å². The van der Waals surface area contributed by atoms with E-state index in [0.29, 0.717) is 31.5 Å². The molecule has 0 aliphatic carbocycles. The first-order valence-corrected chi connectivity index (χ1v) is 12.0. The molecule has 1 aliphatic rings. The number of carbonyl (C=O) groups excluding carboxylic acids is 1. The van der Waals surface area contributed by atoms with E-state index in [9.17, 15) is 20.0 Å². The van der Waals surface area contributed by atoms with Crippen molar-refractivity contribution in [2.75, 3.05) is 7.05 Å². The van der Waals surface area contributed by atoms with E-state index in [2.05, 4.69) is 27.0 Å². The molecule has 1 saturated heterocycles. The molecule has 3 aromatic carbocycles. The molecule has 1 fully saturated rings. The molecule has 1 amide bonds. The van der Waals surface area contributed by atoms with Gasteiger partial charge in [-0.05, 0) is 75.7 Å². The fourth-order valence-corrected chi connectivity index (χ4v) is 4.75. The van der Waals surface area contributed by atoms with E-state index in [4.69, 9.17) is 4.74 Å². The van der Waals surface area contributed by atoms with Gasteiger partial charge in [0.15, 0.2) is 5.17 Å². The average Bonchev–Trinajstić information content (AvgIpc) is 3.11. The van der Waals surface area contributed by atoms with Crippen LogP contribution in [0.15, 0.2) is 81.1 Å². The molecule has 1 aliphatic heterocycles. The third-order valence-corrected chi connectivity index (χ3v) is 6.78. The fourth-order valence-electron chi connectivity index (χ4n) is 3.26. The molecule has 9 heteroatoms. The van der Waals surface area contributed by atoms with Gasteiger partial charge in [0.2, 0.25) is 0 Å². The maximum absolute atomic E-state index is 12.8. The maximum atomic E-state index is 12.8. The average molecular weight is 548 g/mol. The number of amides is 1. The highest BCUT2D eigenvalue weighted by molar-refractivity contribution is 9.10. The quantitative estimate of drug-likeness (QED) is 0.389. The number of benzene rings is 3. The summed E-state index contributed by atoms with van der Waals surface area (Å²) in [7, 11) is 1.63. The van der Waals surface area contributed by atoms with Gasteiger partial charge in [0.05, 0.1) is 32.3 Å². The van der Waals surface area contributed by atoms with Crippen LogP contribution in [-0.4, -0.2) is 34.1 Å². The minimum Gasteiger partial charge on any atom is -0.488 e. The van der Waals surface area contributed by atoms with Crippen LogP contribution < -0.4 is 4.74 Å². The van der Waals surface area contributed by atoms with E-state index >= 15 is 0 Å². The molecule has 1 N–H and O–H groups in total. The van der Waals surface area contributed by atoms with Crippen molar-refractivity contribution in [2.45, 2.75) is 6.61 Å². The molecule has 174 valence electrons. The Bertz CT molecular complexity index is 1430. The summed E-state index contributed by atoms with van der Waals surface area (Å²) in [5, 5.41) is 18.9. The number of halogens is 1. The van der Waals surface area contributed by atoms with E-state index in [1.165, 1.54) is 28.8 Å². The van der Waals surface area contributed by atoms with Crippen molar-refractivity contribution >= 4 is 56.5 Å². The van der Waals surface area contributed by atoms with Crippen LogP contribution in [0.4, 0.5) is 5.69 Å². The number of carbonyl (C=O) groups is 2. The Labute approximate surface area is 214 Å². The van der Waals surface area contributed by atoms with Gasteiger partial charge in [-0.2, -0.15) is 5.26 Å². The first kappa shape index (κ1) is 24.3. The van der Waals surface area contributed by atoms with E-state index in [-0.39, 0.29) is 18.1 Å². The summed E-state index contributed by atoms with van der Waals surface area (Å²) < 4.78 is 6.59. The molecule has 0 spiro atoms. The topological polar surface area (TPSA) is 103 Å². The number of ether oxygens (including phenoxy) is 1. The number of amidine groups is 1. The van der Waals surface area contributed by atoms with Crippen LogP contribution >= 0.6 is 27.7 Å². The second-order valence-electron chi connectivity index (χ2n) is 7.47. The molecule has 0 saturated carbocycles. The largest absolute Gasteiger partial charge is 0.488 e. The molecule has 4 rings (SSSR count). The number of carboxylic acids is 1. The lowest BCUT2D eigenvalue weighted by molar-refractivity contribution is -0.121. The van der Waals surface area contributed by atoms with Crippen LogP contribution in [0.1, 0.15) is 27.0 Å². The zero-order chi connectivity index (χ0) is 24.9. The predicted molar refractivity (Wildman–Crippen MR) is 138 cm³/mol. The number of aliphatic imine (C=N–C) groups is 1. The molecular formula is C26H18BrN3O4S. The SMILES string of the molecule is CN1C(=O)/C(=C\c2ccc(OCc3ccccc3C#N)c(Br)c2)SC1=Nc1cccc(C(=O)O)c1. The van der Waals surface area contributed by atoms with Gasteiger partial charge in [0.1, 0.15) is 12.4 Å². The minimum atomic E-state index is -1.04. The first-order chi connectivity index (χ1) is 16.9. The van der Waals surface area contributed by atoms with Gasteiger partial charge in [-0.25, -0.2) is 9.79 Å². The van der Waals surface area contributed by atoms with Crippen molar-refractivity contribution in [2.24, 2.45) is 4.99 Å². The van der Waals surface area contributed by atoms with E-state index < -0.39 is 5.97 Å². The number of aromatic carboxylic acids is 1. The highest BCUT2D eigenvalue weighted by atomic mass is 79.9. The number of rotatable bonds is 6. The van der Waals surface area contributed by atoms with E-state index in [1.807, 2.05) is 30.3 Å². The number of thioether (sulfide) groups is 1. The van der Waals surface area contributed by atoms with Gasteiger partial charge in [-0.15, -0.1) is 0 Å². The fraction of sp³-hybridized carbons (Fsp3) is 0.0769. The predicted octanol–water partition coefficient (Wildman–Crippen LogP) is 5.83. The molecule has 1 heterocycles. The highest BCUT2D eigenvalue weighted by Crippen LogP contribution is 2.35. The van der Waals surface area contributed by atoms with Crippen LogP contribution in [0.2, 0.25) is 0 Å². The molecule has 35 heavy (non-hydrogen) atoms. The summed E-state index contributed by atoms with van der Waals surface area (Å²) >= 11 is 4.73. The summed E-state index contributed by atoms with van der Waals surface area (Å²) in [5.41, 5.74) is 2.74. The Hall–Kier alpha value is -3.87. The van der Waals surface area contributed by atoms with E-state index in [0.717, 1.165) is 11.1 Å². The van der Waals surface area contributed by atoms with Crippen LogP contribution in [0.25, 0.3) is 6.08 Å². The Morgan fingerprint density at radius 3 is 2.74 bits per heavy atom. The molecule has 0 unspecified atom stereocenters. The summed E-state index contributed by atoms with van der Waals surface area (Å²) in [4.78, 5) is 30.3. The molecule has 0 atom stereocenters. The van der Waals surface area contributed by atoms with Crippen LogP contribution in [0.5, 0.6) is 5.75 Å². The lowest BCUT2D eigenvalue weighted by atomic mass is 10.1. The number of hydrogen-bond acceptors (Lipinski definition) is 6. The summed E-state index contributed by atoms with van der Waals surface area (Å²) in [5.74, 6) is -0.626. The number of hydrogen-bond donors (Lipinski definition) is 1. The number of nitrogens with zero attached hydrogens (tertiary/aromatic N) is 3. The molecule has 0 bridgehead atoms. The van der Waals surface area contributed by atoms with Gasteiger partial charge in [0.25, 0.3) is 5.91 Å². The monoisotopic (exact) mass is 547 g/mol. The van der Waals surface area contributed by atoms with Gasteiger partial charge in [-0.3, -0.25) is 9.69 Å². The van der Waals surface area contributed by atoms with Gasteiger partial charge in [0, 0.05) is 12.6 Å².